The number of nitrogens with zero attached hydrogens (tertiary/aromatic N) is 1. The van der Waals surface area contributed by atoms with E-state index in [0.29, 0.717) is 16.5 Å². The number of hydrogen-bond donors (Lipinski definition) is 2. The first-order valence-electron chi connectivity index (χ1n) is 5.44. The number of hydrogen-bond acceptors (Lipinski definition) is 5. The molecule has 5 nitrogen and oxygen atoms in total. The van der Waals surface area contributed by atoms with E-state index in [0.717, 1.165) is 0 Å². The van der Waals surface area contributed by atoms with Gasteiger partial charge in [0.25, 0.3) is 5.91 Å². The Labute approximate surface area is 108 Å². The van der Waals surface area contributed by atoms with Gasteiger partial charge in [-0.15, -0.1) is 11.3 Å². The minimum Gasteiger partial charge on any atom is -0.462 e. The number of aliphatic hydroxyl groups excluding tert-OH is 1. The Bertz CT molecular complexity index is 531. The fourth-order valence-corrected chi connectivity index (χ4v) is 2.07. The number of nitrogens with one attached hydrogen (secondary N) is 1. The minimum absolute atomic E-state index is 0.131. The second-order valence-corrected chi connectivity index (χ2v) is 5.37. The molecule has 18 heavy (non-hydrogen) atoms. The van der Waals surface area contributed by atoms with Crippen molar-refractivity contribution >= 4 is 17.2 Å². The van der Waals surface area contributed by atoms with Gasteiger partial charge in [0.1, 0.15) is 5.69 Å². The van der Waals surface area contributed by atoms with E-state index in [-0.39, 0.29) is 12.5 Å². The normalized spacial score (nSPS) is 11.5. The van der Waals surface area contributed by atoms with E-state index in [1.165, 1.54) is 11.3 Å². The van der Waals surface area contributed by atoms with Crippen LogP contribution in [0.25, 0.3) is 10.8 Å². The van der Waals surface area contributed by atoms with Crippen molar-refractivity contribution in [2.75, 3.05) is 6.61 Å². The summed E-state index contributed by atoms with van der Waals surface area (Å²) < 4.78 is 5.21. The second-order valence-electron chi connectivity index (χ2n) is 4.51. The summed E-state index contributed by atoms with van der Waals surface area (Å²) in [6, 6.07) is 3.56. The molecule has 0 unspecified atom stereocenters. The molecule has 2 heterocycles. The quantitative estimate of drug-likeness (QED) is 0.886. The number of thiazole rings is 1. The van der Waals surface area contributed by atoms with Crippen LogP contribution in [0.4, 0.5) is 0 Å². The zero-order chi connectivity index (χ0) is 13.2. The van der Waals surface area contributed by atoms with E-state index < -0.39 is 5.54 Å². The third-order valence-electron chi connectivity index (χ3n) is 2.32. The van der Waals surface area contributed by atoms with Gasteiger partial charge in [0.05, 0.1) is 18.4 Å². The highest BCUT2D eigenvalue weighted by Crippen LogP contribution is 2.24. The monoisotopic (exact) mass is 266 g/mol. The first-order valence-corrected chi connectivity index (χ1v) is 6.32. The Morgan fingerprint density at radius 2 is 2.39 bits per heavy atom. The van der Waals surface area contributed by atoms with Crippen LogP contribution in [-0.4, -0.2) is 28.1 Å². The Balaban J connectivity index is 2.13. The summed E-state index contributed by atoms with van der Waals surface area (Å²) in [7, 11) is 0. The summed E-state index contributed by atoms with van der Waals surface area (Å²) >= 11 is 1.34. The molecule has 2 aromatic rings. The van der Waals surface area contributed by atoms with Crippen LogP contribution >= 0.6 is 11.3 Å². The van der Waals surface area contributed by atoms with Crippen LogP contribution in [0.1, 0.15) is 24.3 Å². The van der Waals surface area contributed by atoms with Gasteiger partial charge < -0.3 is 14.8 Å². The van der Waals surface area contributed by atoms with Gasteiger partial charge in [-0.2, -0.15) is 0 Å². The summed E-state index contributed by atoms with van der Waals surface area (Å²) in [5.41, 5.74) is -0.334. The molecule has 1 amide bonds. The van der Waals surface area contributed by atoms with Crippen molar-refractivity contribution in [1.29, 1.82) is 0 Å². The molecule has 0 aliphatic rings. The predicted molar refractivity (Wildman–Crippen MR) is 68.4 cm³/mol. The molecule has 0 saturated carbocycles. The van der Waals surface area contributed by atoms with E-state index in [9.17, 15) is 4.79 Å². The topological polar surface area (TPSA) is 75.4 Å². The first kappa shape index (κ1) is 12.8. The molecule has 0 aliphatic heterocycles. The van der Waals surface area contributed by atoms with Gasteiger partial charge in [0.15, 0.2) is 10.8 Å². The average molecular weight is 266 g/mol. The minimum atomic E-state index is -0.661. The second kappa shape index (κ2) is 4.91. The molecule has 6 heteroatoms. The molecule has 0 aliphatic carbocycles. The number of carbonyl (C=O) groups is 1. The molecule has 0 fully saturated rings. The van der Waals surface area contributed by atoms with Gasteiger partial charge >= 0.3 is 0 Å². The zero-order valence-electron chi connectivity index (χ0n) is 10.1. The maximum absolute atomic E-state index is 11.9. The van der Waals surface area contributed by atoms with E-state index in [1.54, 1.807) is 37.6 Å². The number of carbonyl (C=O) groups excluding carboxylic acids is 1. The smallest absolute Gasteiger partial charge is 0.271 e. The van der Waals surface area contributed by atoms with Crippen LogP contribution in [-0.2, 0) is 0 Å². The van der Waals surface area contributed by atoms with Crippen molar-refractivity contribution in [2.24, 2.45) is 0 Å². The summed E-state index contributed by atoms with van der Waals surface area (Å²) in [5.74, 6) is 0.337. The van der Waals surface area contributed by atoms with Gasteiger partial charge in [0.2, 0.25) is 0 Å². The summed E-state index contributed by atoms with van der Waals surface area (Å²) in [6.07, 6.45) is 1.56. The Kier molecular flexibility index (Phi) is 3.49. The fraction of sp³-hybridized carbons (Fsp3) is 0.333. The van der Waals surface area contributed by atoms with Gasteiger partial charge in [-0.3, -0.25) is 4.79 Å². The van der Waals surface area contributed by atoms with Crippen molar-refractivity contribution in [2.45, 2.75) is 19.4 Å². The maximum atomic E-state index is 11.9. The van der Waals surface area contributed by atoms with Crippen LogP contribution in [0.3, 0.4) is 0 Å². The van der Waals surface area contributed by atoms with E-state index in [2.05, 4.69) is 10.3 Å². The summed E-state index contributed by atoms with van der Waals surface area (Å²) in [6.45, 7) is 3.35. The molecule has 0 radical (unpaired) electrons. The lowest BCUT2D eigenvalue weighted by Gasteiger charge is -2.22. The van der Waals surface area contributed by atoms with Crippen molar-refractivity contribution < 1.29 is 14.3 Å². The molecule has 0 atom stereocenters. The molecule has 0 aromatic carbocycles. The lowest BCUT2D eigenvalue weighted by Crippen LogP contribution is -2.46. The Morgan fingerprint density at radius 3 is 3.00 bits per heavy atom. The maximum Gasteiger partial charge on any atom is 0.271 e. The standard InChI is InChI=1S/C12H14N2O3S/c1-12(2,7-15)14-10(16)8-6-18-11(13-8)9-4-3-5-17-9/h3-6,15H,7H2,1-2H3,(H,14,16). The van der Waals surface area contributed by atoms with Crippen molar-refractivity contribution in [3.05, 3.63) is 29.5 Å². The van der Waals surface area contributed by atoms with Gasteiger partial charge in [-0.1, -0.05) is 0 Å². The lowest BCUT2D eigenvalue weighted by molar-refractivity contribution is 0.0865. The van der Waals surface area contributed by atoms with Crippen molar-refractivity contribution in [3.63, 3.8) is 0 Å². The van der Waals surface area contributed by atoms with E-state index >= 15 is 0 Å². The molecule has 2 N–H and O–H groups in total. The summed E-state index contributed by atoms with van der Waals surface area (Å²) in [5, 5.41) is 14.1. The molecule has 2 aromatic heterocycles. The number of aliphatic hydroxyl groups is 1. The van der Waals surface area contributed by atoms with Crippen molar-refractivity contribution in [3.8, 4) is 10.8 Å². The predicted octanol–water partition coefficient (Wildman–Crippen LogP) is 1.90. The highest BCUT2D eigenvalue weighted by molar-refractivity contribution is 7.13. The lowest BCUT2D eigenvalue weighted by atomic mass is 10.1. The van der Waals surface area contributed by atoms with Crippen LogP contribution < -0.4 is 5.32 Å². The molecule has 2 rings (SSSR count). The third-order valence-corrected chi connectivity index (χ3v) is 3.17. The van der Waals surface area contributed by atoms with Crippen LogP contribution in [0.5, 0.6) is 0 Å². The first-order chi connectivity index (χ1) is 8.52. The highest BCUT2D eigenvalue weighted by atomic mass is 32.1. The van der Waals surface area contributed by atoms with Crippen molar-refractivity contribution in [1.82, 2.24) is 10.3 Å². The van der Waals surface area contributed by atoms with Gasteiger partial charge in [-0.25, -0.2) is 4.98 Å². The Hall–Kier alpha value is -1.66. The van der Waals surface area contributed by atoms with Crippen LogP contribution in [0.2, 0.25) is 0 Å². The van der Waals surface area contributed by atoms with Gasteiger partial charge in [-0.05, 0) is 26.0 Å². The number of furan rings is 1. The average Bonchev–Trinajstić information content (AvgIpc) is 2.99. The fourth-order valence-electron chi connectivity index (χ4n) is 1.30. The SMILES string of the molecule is CC(C)(CO)NC(=O)c1csc(-c2ccco2)n1. The third kappa shape index (κ3) is 2.77. The highest BCUT2D eigenvalue weighted by Gasteiger charge is 2.22. The van der Waals surface area contributed by atoms with E-state index in [4.69, 9.17) is 9.52 Å². The largest absolute Gasteiger partial charge is 0.462 e. The number of aromatic nitrogens is 1. The zero-order valence-corrected chi connectivity index (χ0v) is 11.0. The van der Waals surface area contributed by atoms with Crippen LogP contribution in [0, 0.1) is 0 Å². The van der Waals surface area contributed by atoms with E-state index in [1.807, 2.05) is 0 Å². The number of rotatable bonds is 4. The van der Waals surface area contributed by atoms with Crippen LogP contribution in [0.15, 0.2) is 28.2 Å². The molecule has 0 spiro atoms. The molecular weight excluding hydrogens is 252 g/mol. The molecule has 0 saturated heterocycles. The molecular formula is C12H14N2O3S. The molecule has 96 valence electrons. The number of amides is 1. The molecule has 0 bridgehead atoms. The van der Waals surface area contributed by atoms with Gasteiger partial charge in [0, 0.05) is 5.38 Å². The Morgan fingerprint density at radius 1 is 1.61 bits per heavy atom. The summed E-state index contributed by atoms with van der Waals surface area (Å²) in [4.78, 5) is 16.1.